The molecule has 138 valence electrons. The molecule has 27 heavy (non-hydrogen) atoms. The molecule has 0 saturated carbocycles. The van der Waals surface area contributed by atoms with E-state index in [0.717, 1.165) is 17.1 Å². The molecule has 0 unspecified atom stereocenters. The number of anilines is 1. The lowest BCUT2D eigenvalue weighted by molar-refractivity contribution is 0.0955. The lowest BCUT2D eigenvalue weighted by atomic mass is 10.1. The molecule has 0 spiro atoms. The fourth-order valence-corrected chi connectivity index (χ4v) is 2.82. The number of benzene rings is 2. The molecule has 6 nitrogen and oxygen atoms in total. The first kappa shape index (κ1) is 18.4. The Morgan fingerprint density at radius 3 is 2.07 bits per heavy atom. The second-order valence-corrected chi connectivity index (χ2v) is 6.28. The Bertz CT molecular complexity index is 957. The number of nitrogens with zero attached hydrogens (tertiary/aromatic N) is 2. The number of carbonyl (C=O) groups excluding carboxylic acids is 2. The molecule has 1 heterocycles. The molecule has 2 N–H and O–H groups in total. The van der Waals surface area contributed by atoms with E-state index in [0.29, 0.717) is 23.4 Å². The predicted octanol–water partition coefficient (Wildman–Crippen LogP) is 3.49. The maximum absolute atomic E-state index is 12.4. The number of rotatable bonds is 5. The summed E-state index contributed by atoms with van der Waals surface area (Å²) in [6.07, 6.45) is 0. The second-order valence-electron chi connectivity index (χ2n) is 6.28. The van der Waals surface area contributed by atoms with Gasteiger partial charge in [0.05, 0.1) is 11.4 Å². The van der Waals surface area contributed by atoms with Crippen molar-refractivity contribution in [2.75, 3.05) is 11.9 Å². The minimum atomic E-state index is -0.208. The minimum Gasteiger partial charge on any atom is -0.352 e. The first-order valence-corrected chi connectivity index (χ1v) is 8.81. The summed E-state index contributed by atoms with van der Waals surface area (Å²) < 4.78 is 1.84. The van der Waals surface area contributed by atoms with Crippen molar-refractivity contribution in [2.24, 2.45) is 0 Å². The van der Waals surface area contributed by atoms with Crippen molar-refractivity contribution < 1.29 is 9.59 Å². The van der Waals surface area contributed by atoms with Crippen molar-refractivity contribution in [1.82, 2.24) is 15.1 Å². The Balaban J connectivity index is 1.69. The molecule has 0 aliphatic rings. The van der Waals surface area contributed by atoms with Gasteiger partial charge in [-0.05, 0) is 75.4 Å². The number of hydrogen-bond donors (Lipinski definition) is 2. The van der Waals surface area contributed by atoms with Gasteiger partial charge < -0.3 is 10.6 Å². The van der Waals surface area contributed by atoms with Gasteiger partial charge in [-0.25, -0.2) is 4.68 Å². The number of hydrogen-bond acceptors (Lipinski definition) is 3. The fraction of sp³-hybridized carbons (Fsp3) is 0.190. The molecule has 0 atom stereocenters. The smallest absolute Gasteiger partial charge is 0.255 e. The molecule has 0 fully saturated rings. The Kier molecular flexibility index (Phi) is 5.35. The first-order chi connectivity index (χ1) is 13.0. The molecule has 0 aliphatic heterocycles. The summed E-state index contributed by atoms with van der Waals surface area (Å²) in [6, 6.07) is 16.1. The molecule has 6 heteroatoms. The number of carbonyl (C=O) groups is 2. The minimum absolute atomic E-state index is 0.130. The van der Waals surface area contributed by atoms with E-state index in [2.05, 4.69) is 15.7 Å². The maximum atomic E-state index is 12.4. The van der Waals surface area contributed by atoms with Crippen molar-refractivity contribution in [3.8, 4) is 5.69 Å². The van der Waals surface area contributed by atoms with Crippen molar-refractivity contribution in [1.29, 1.82) is 0 Å². The molecular weight excluding hydrogens is 340 g/mol. The van der Waals surface area contributed by atoms with E-state index in [9.17, 15) is 9.59 Å². The van der Waals surface area contributed by atoms with Gasteiger partial charge in [0.2, 0.25) is 0 Å². The van der Waals surface area contributed by atoms with Crippen LogP contribution >= 0.6 is 0 Å². The van der Waals surface area contributed by atoms with Crippen LogP contribution in [0.4, 0.5) is 5.69 Å². The van der Waals surface area contributed by atoms with Crippen molar-refractivity contribution in [3.63, 3.8) is 0 Å². The summed E-state index contributed by atoms with van der Waals surface area (Å²) in [6.45, 7) is 6.38. The van der Waals surface area contributed by atoms with E-state index in [1.54, 1.807) is 36.4 Å². The van der Waals surface area contributed by atoms with Gasteiger partial charge in [0, 0.05) is 29.1 Å². The standard InChI is InChI=1S/C21H22N4O2/c1-4-22-20(26)16-5-9-18(10-6-16)23-21(27)17-7-11-19(12-8-17)25-15(3)13-14(2)24-25/h5-13H,4H2,1-3H3,(H,22,26)(H,23,27). The van der Waals surface area contributed by atoms with Crippen LogP contribution in [0.5, 0.6) is 0 Å². The van der Waals surface area contributed by atoms with Crippen LogP contribution in [0.2, 0.25) is 0 Å². The van der Waals surface area contributed by atoms with Crippen LogP contribution in [0.15, 0.2) is 54.6 Å². The number of amides is 2. The predicted molar refractivity (Wildman–Crippen MR) is 105 cm³/mol. The van der Waals surface area contributed by atoms with E-state index in [4.69, 9.17) is 0 Å². The van der Waals surface area contributed by atoms with Crippen molar-refractivity contribution >= 4 is 17.5 Å². The third-order valence-corrected chi connectivity index (χ3v) is 4.13. The molecule has 0 aliphatic carbocycles. The Labute approximate surface area is 158 Å². The first-order valence-electron chi connectivity index (χ1n) is 8.81. The van der Waals surface area contributed by atoms with Gasteiger partial charge >= 0.3 is 0 Å². The van der Waals surface area contributed by atoms with Gasteiger partial charge in [0.1, 0.15) is 0 Å². The van der Waals surface area contributed by atoms with E-state index in [1.807, 2.05) is 43.7 Å². The van der Waals surface area contributed by atoms with Crippen LogP contribution < -0.4 is 10.6 Å². The van der Waals surface area contributed by atoms with Crippen LogP contribution in [0.3, 0.4) is 0 Å². The van der Waals surface area contributed by atoms with Gasteiger partial charge in [-0.2, -0.15) is 5.10 Å². The molecule has 0 saturated heterocycles. The molecule has 2 amide bonds. The topological polar surface area (TPSA) is 76.0 Å². The zero-order chi connectivity index (χ0) is 19.4. The molecule has 0 radical (unpaired) electrons. The number of nitrogens with one attached hydrogen (secondary N) is 2. The molecule has 1 aromatic heterocycles. The van der Waals surface area contributed by atoms with Crippen molar-refractivity contribution in [3.05, 3.63) is 77.1 Å². The van der Waals surface area contributed by atoms with E-state index >= 15 is 0 Å². The van der Waals surface area contributed by atoms with E-state index in [-0.39, 0.29) is 11.8 Å². The van der Waals surface area contributed by atoms with Gasteiger partial charge in [-0.15, -0.1) is 0 Å². The SMILES string of the molecule is CCNC(=O)c1ccc(NC(=O)c2ccc(-n3nc(C)cc3C)cc2)cc1. The monoisotopic (exact) mass is 362 g/mol. The van der Waals surface area contributed by atoms with Gasteiger partial charge in [-0.1, -0.05) is 0 Å². The number of aromatic nitrogens is 2. The zero-order valence-corrected chi connectivity index (χ0v) is 15.6. The largest absolute Gasteiger partial charge is 0.352 e. The lowest BCUT2D eigenvalue weighted by Gasteiger charge is -2.08. The highest BCUT2D eigenvalue weighted by molar-refractivity contribution is 6.04. The Hall–Kier alpha value is -3.41. The highest BCUT2D eigenvalue weighted by Crippen LogP contribution is 2.15. The molecule has 3 rings (SSSR count). The molecule has 2 aromatic carbocycles. The van der Waals surface area contributed by atoms with Gasteiger partial charge in [0.15, 0.2) is 0 Å². The van der Waals surface area contributed by atoms with E-state index in [1.165, 1.54) is 0 Å². The average Bonchev–Trinajstić information content (AvgIpc) is 3.01. The molecule has 0 bridgehead atoms. The van der Waals surface area contributed by atoms with Crippen molar-refractivity contribution in [2.45, 2.75) is 20.8 Å². The average molecular weight is 362 g/mol. The third kappa shape index (κ3) is 4.23. The zero-order valence-electron chi connectivity index (χ0n) is 15.6. The van der Waals surface area contributed by atoms with Crippen LogP contribution in [-0.2, 0) is 0 Å². The Morgan fingerprint density at radius 1 is 0.926 bits per heavy atom. The summed E-state index contributed by atoms with van der Waals surface area (Å²) >= 11 is 0. The van der Waals surface area contributed by atoms with Gasteiger partial charge in [0.25, 0.3) is 11.8 Å². The second kappa shape index (κ2) is 7.86. The van der Waals surface area contributed by atoms with Crippen LogP contribution in [0, 0.1) is 13.8 Å². The van der Waals surface area contributed by atoms with E-state index < -0.39 is 0 Å². The van der Waals surface area contributed by atoms with Gasteiger partial charge in [-0.3, -0.25) is 9.59 Å². The summed E-state index contributed by atoms with van der Waals surface area (Å²) in [7, 11) is 0. The molecule has 3 aromatic rings. The van der Waals surface area contributed by atoms with Crippen LogP contribution in [-0.4, -0.2) is 28.1 Å². The van der Waals surface area contributed by atoms with Crippen LogP contribution in [0.1, 0.15) is 39.0 Å². The summed E-state index contributed by atoms with van der Waals surface area (Å²) in [5.41, 5.74) is 4.64. The molecular formula is C21H22N4O2. The van der Waals surface area contributed by atoms with Crippen LogP contribution in [0.25, 0.3) is 5.69 Å². The summed E-state index contributed by atoms with van der Waals surface area (Å²) in [4.78, 5) is 24.2. The highest BCUT2D eigenvalue weighted by atomic mass is 16.2. The lowest BCUT2D eigenvalue weighted by Crippen LogP contribution is -2.22. The maximum Gasteiger partial charge on any atom is 0.255 e. The number of aryl methyl sites for hydroxylation is 2. The fourth-order valence-electron chi connectivity index (χ4n) is 2.82. The third-order valence-electron chi connectivity index (χ3n) is 4.13. The normalized spacial score (nSPS) is 10.5. The highest BCUT2D eigenvalue weighted by Gasteiger charge is 2.09. The Morgan fingerprint density at radius 2 is 1.52 bits per heavy atom. The summed E-state index contributed by atoms with van der Waals surface area (Å²) in [5.74, 6) is -0.337. The quantitative estimate of drug-likeness (QED) is 0.729. The summed E-state index contributed by atoms with van der Waals surface area (Å²) in [5, 5.41) is 10.0.